The Morgan fingerprint density at radius 3 is 2.43 bits per heavy atom. The van der Waals surface area contributed by atoms with Crippen LogP contribution in [0.3, 0.4) is 0 Å². The quantitative estimate of drug-likeness (QED) is 0.357. The monoisotopic (exact) mass is 616 g/mol. The second-order valence-corrected chi connectivity index (χ2v) is 18.8. The number of carbonyl (C=O) groups excluding carboxylic acids is 2. The second kappa shape index (κ2) is 13.4. The molecule has 3 amide bonds. The molecule has 0 saturated carbocycles. The first kappa shape index (κ1) is 32.1. The van der Waals surface area contributed by atoms with E-state index in [1.807, 2.05) is 9.80 Å². The van der Waals surface area contributed by atoms with Gasteiger partial charge in [0.2, 0.25) is 0 Å². The van der Waals surface area contributed by atoms with Crippen molar-refractivity contribution in [3.63, 3.8) is 0 Å². The molecular formula is C34H48N6O3Si. The van der Waals surface area contributed by atoms with Crippen molar-refractivity contribution in [1.82, 2.24) is 24.6 Å². The Balaban J connectivity index is 1.30. The average molecular weight is 617 g/mol. The summed E-state index contributed by atoms with van der Waals surface area (Å²) >= 11 is 0. The summed E-state index contributed by atoms with van der Waals surface area (Å²) < 4.78 is 6.99. The maximum atomic E-state index is 13.8. The van der Waals surface area contributed by atoms with Gasteiger partial charge in [0.15, 0.2) is 8.32 Å². The standard InChI is InChI=1S/C34H48N6O3Si/c1-34(2,3)44(4,5)43-29(23-37-16-13-27-11-7-8-12-28(27)22-37)24-39-17-18-40(33(39)42)25-31-30(19-26(20-35)21-36-31)32(41)38-14-9-6-10-15-38/h7-8,11-12,19,21,29H,6,9-10,13-18,22-25H2,1-5H3/t29-/m1/s1. The highest BCUT2D eigenvalue weighted by molar-refractivity contribution is 6.74. The first-order valence-corrected chi connectivity index (χ1v) is 19.0. The van der Waals surface area contributed by atoms with Gasteiger partial charge in [0.25, 0.3) is 5.91 Å². The zero-order chi connectivity index (χ0) is 31.5. The summed E-state index contributed by atoms with van der Waals surface area (Å²) in [6.45, 7) is 17.3. The Bertz CT molecular complexity index is 1390. The van der Waals surface area contributed by atoms with Crippen LogP contribution >= 0.6 is 0 Å². The Kier molecular flexibility index (Phi) is 9.78. The van der Waals surface area contributed by atoms with Crippen molar-refractivity contribution in [2.24, 2.45) is 0 Å². The maximum absolute atomic E-state index is 13.8. The molecule has 9 nitrogen and oxygen atoms in total. The van der Waals surface area contributed by atoms with E-state index < -0.39 is 8.32 Å². The summed E-state index contributed by atoms with van der Waals surface area (Å²) in [6.07, 6.45) is 5.50. The third-order valence-electron chi connectivity index (χ3n) is 9.86. The number of fused-ring (bicyclic) bond motifs is 1. The molecule has 3 aliphatic rings. The van der Waals surface area contributed by atoms with Crippen LogP contribution in [0.4, 0.5) is 4.79 Å². The van der Waals surface area contributed by atoms with Crippen molar-refractivity contribution in [3.8, 4) is 6.07 Å². The number of rotatable bonds is 9. The van der Waals surface area contributed by atoms with Crippen molar-refractivity contribution >= 4 is 20.3 Å². The fraction of sp³-hybridized carbons (Fsp3) is 0.588. The van der Waals surface area contributed by atoms with Gasteiger partial charge >= 0.3 is 6.03 Å². The minimum absolute atomic E-state index is 0.0549. The molecule has 5 rings (SSSR count). The number of hydrogen-bond acceptors (Lipinski definition) is 6. The summed E-state index contributed by atoms with van der Waals surface area (Å²) in [5, 5.41) is 9.54. The number of piperidine rings is 1. The predicted octanol–water partition coefficient (Wildman–Crippen LogP) is 5.27. The van der Waals surface area contributed by atoms with Crippen molar-refractivity contribution in [3.05, 3.63) is 64.5 Å². The molecule has 1 aromatic heterocycles. The third-order valence-corrected chi connectivity index (χ3v) is 14.4. The number of benzene rings is 1. The molecule has 2 aromatic rings. The maximum Gasteiger partial charge on any atom is 0.320 e. The predicted molar refractivity (Wildman–Crippen MR) is 174 cm³/mol. The Morgan fingerprint density at radius 2 is 1.73 bits per heavy atom. The van der Waals surface area contributed by atoms with Gasteiger partial charge in [-0.2, -0.15) is 5.26 Å². The van der Waals surface area contributed by atoms with Crippen LogP contribution in [0.15, 0.2) is 36.5 Å². The number of pyridine rings is 1. The van der Waals surface area contributed by atoms with E-state index in [4.69, 9.17) is 4.43 Å². The molecule has 10 heteroatoms. The summed E-state index contributed by atoms with van der Waals surface area (Å²) in [5.74, 6) is -0.0984. The molecule has 0 bridgehead atoms. The number of nitriles is 1. The van der Waals surface area contributed by atoms with Gasteiger partial charge < -0.3 is 19.1 Å². The van der Waals surface area contributed by atoms with Crippen LogP contribution in [-0.4, -0.2) is 96.8 Å². The van der Waals surface area contributed by atoms with Crippen LogP contribution < -0.4 is 0 Å². The molecule has 0 aliphatic carbocycles. The molecule has 0 unspecified atom stereocenters. The lowest BCUT2D eigenvalue weighted by atomic mass is 10.00. The van der Waals surface area contributed by atoms with Gasteiger partial charge in [-0.15, -0.1) is 0 Å². The molecule has 2 fully saturated rings. The zero-order valence-corrected chi connectivity index (χ0v) is 28.1. The van der Waals surface area contributed by atoms with Crippen LogP contribution in [0.2, 0.25) is 18.1 Å². The van der Waals surface area contributed by atoms with Gasteiger partial charge in [-0.3, -0.25) is 14.7 Å². The topological polar surface area (TPSA) is 93.0 Å². The van der Waals surface area contributed by atoms with Crippen molar-refractivity contribution in [2.45, 2.75) is 83.8 Å². The SMILES string of the molecule is CC(C)(C)[Si](C)(C)O[C@H](CN1CCc2ccccc2C1)CN1CCN(Cc2ncc(C#N)cc2C(=O)N2CCCCC2)C1=O. The molecule has 236 valence electrons. The minimum Gasteiger partial charge on any atom is -0.411 e. The highest BCUT2D eigenvalue weighted by Gasteiger charge is 2.41. The van der Waals surface area contributed by atoms with Gasteiger partial charge in [0.05, 0.1) is 29.5 Å². The van der Waals surface area contributed by atoms with Crippen LogP contribution in [0.25, 0.3) is 0 Å². The molecule has 1 aromatic carbocycles. The zero-order valence-electron chi connectivity index (χ0n) is 27.1. The molecule has 4 heterocycles. The molecule has 44 heavy (non-hydrogen) atoms. The van der Waals surface area contributed by atoms with E-state index in [9.17, 15) is 14.9 Å². The Morgan fingerprint density at radius 1 is 1.02 bits per heavy atom. The number of amides is 3. The fourth-order valence-corrected chi connectivity index (χ4v) is 7.57. The third kappa shape index (κ3) is 7.33. The summed E-state index contributed by atoms with van der Waals surface area (Å²) in [4.78, 5) is 39.8. The number of nitrogens with zero attached hydrogens (tertiary/aromatic N) is 6. The largest absolute Gasteiger partial charge is 0.411 e. The van der Waals surface area contributed by atoms with Gasteiger partial charge in [-0.25, -0.2) is 4.79 Å². The van der Waals surface area contributed by atoms with Crippen LogP contribution in [-0.2, 0) is 23.9 Å². The first-order chi connectivity index (χ1) is 20.9. The van der Waals surface area contributed by atoms with Crippen LogP contribution in [0.1, 0.15) is 72.8 Å². The summed E-state index contributed by atoms with van der Waals surface area (Å²) in [5.41, 5.74) is 4.13. The van der Waals surface area contributed by atoms with E-state index in [-0.39, 0.29) is 29.6 Å². The van der Waals surface area contributed by atoms with Crippen molar-refractivity contribution in [2.75, 3.05) is 45.8 Å². The highest BCUT2D eigenvalue weighted by Crippen LogP contribution is 2.38. The van der Waals surface area contributed by atoms with E-state index in [2.05, 4.69) is 74.1 Å². The van der Waals surface area contributed by atoms with E-state index >= 15 is 0 Å². The number of hydrogen-bond donors (Lipinski definition) is 0. The van der Waals surface area contributed by atoms with E-state index in [0.29, 0.717) is 49.5 Å². The smallest absolute Gasteiger partial charge is 0.320 e. The Hall–Kier alpha value is -3.26. The van der Waals surface area contributed by atoms with Crippen molar-refractivity contribution < 1.29 is 14.0 Å². The van der Waals surface area contributed by atoms with Crippen molar-refractivity contribution in [1.29, 1.82) is 5.26 Å². The second-order valence-electron chi connectivity index (χ2n) is 14.1. The van der Waals surface area contributed by atoms with Gasteiger partial charge in [0, 0.05) is 58.6 Å². The minimum atomic E-state index is -2.10. The molecular weight excluding hydrogens is 568 g/mol. The number of likely N-dealkylation sites (tertiary alicyclic amines) is 1. The normalized spacial score (nSPS) is 18.7. The highest BCUT2D eigenvalue weighted by atomic mass is 28.4. The van der Waals surface area contributed by atoms with Crippen LogP contribution in [0, 0.1) is 11.3 Å². The Labute approximate surface area is 263 Å². The van der Waals surface area contributed by atoms with E-state index in [1.165, 1.54) is 17.3 Å². The molecule has 0 N–H and O–H groups in total. The number of carbonyl (C=O) groups is 2. The molecule has 1 atom stereocenters. The molecule has 0 spiro atoms. The van der Waals surface area contributed by atoms with E-state index in [1.54, 1.807) is 11.0 Å². The lowest BCUT2D eigenvalue weighted by Crippen LogP contribution is -2.51. The van der Waals surface area contributed by atoms with Gasteiger partial charge in [0.1, 0.15) is 6.07 Å². The summed E-state index contributed by atoms with van der Waals surface area (Å²) in [7, 11) is -2.10. The van der Waals surface area contributed by atoms with E-state index in [0.717, 1.165) is 45.3 Å². The number of aromatic nitrogens is 1. The average Bonchev–Trinajstić information content (AvgIpc) is 3.34. The van der Waals surface area contributed by atoms with Gasteiger partial charge in [-0.1, -0.05) is 45.0 Å². The van der Waals surface area contributed by atoms with Crippen LogP contribution in [0.5, 0.6) is 0 Å². The molecule has 0 radical (unpaired) electrons. The lowest BCUT2D eigenvalue weighted by molar-refractivity contribution is 0.0721. The first-order valence-electron chi connectivity index (χ1n) is 16.1. The summed E-state index contributed by atoms with van der Waals surface area (Å²) in [6, 6.07) is 12.4. The lowest BCUT2D eigenvalue weighted by Gasteiger charge is -2.42. The van der Waals surface area contributed by atoms with Gasteiger partial charge in [-0.05, 0) is 61.0 Å². The fourth-order valence-electron chi connectivity index (χ4n) is 6.23. The molecule has 3 aliphatic heterocycles. The molecule has 2 saturated heterocycles. The number of urea groups is 1.